The number of anilines is 1. The second kappa shape index (κ2) is 9.24. The SMILES string of the molecule is COc1ccc(C(=O)Nc2n[nH]c3sc(C(=O)NCCN4CCOCC4)cc23)cc1. The number of morpholine rings is 1. The summed E-state index contributed by atoms with van der Waals surface area (Å²) in [7, 11) is 1.57. The van der Waals surface area contributed by atoms with E-state index in [4.69, 9.17) is 9.47 Å². The van der Waals surface area contributed by atoms with Crippen LogP contribution in [0.2, 0.25) is 0 Å². The Morgan fingerprint density at radius 2 is 2.00 bits per heavy atom. The monoisotopic (exact) mass is 429 g/mol. The molecule has 0 saturated carbocycles. The molecular formula is C20H23N5O4S. The molecule has 4 rings (SSSR count). The summed E-state index contributed by atoms with van der Waals surface area (Å²) in [4.78, 5) is 28.6. The summed E-state index contributed by atoms with van der Waals surface area (Å²) in [5.41, 5.74) is 0.489. The van der Waals surface area contributed by atoms with Crippen molar-refractivity contribution in [1.29, 1.82) is 0 Å². The summed E-state index contributed by atoms with van der Waals surface area (Å²) in [6.45, 7) is 4.62. The third kappa shape index (κ3) is 4.61. The van der Waals surface area contributed by atoms with E-state index in [0.29, 0.717) is 33.9 Å². The molecule has 0 bridgehead atoms. The predicted molar refractivity (Wildman–Crippen MR) is 115 cm³/mol. The Morgan fingerprint density at radius 1 is 1.23 bits per heavy atom. The smallest absolute Gasteiger partial charge is 0.261 e. The molecule has 10 heteroatoms. The lowest BCUT2D eigenvalue weighted by Crippen LogP contribution is -2.41. The van der Waals surface area contributed by atoms with E-state index in [2.05, 4.69) is 25.7 Å². The number of thiophene rings is 1. The Labute approximate surface area is 177 Å². The summed E-state index contributed by atoms with van der Waals surface area (Å²) >= 11 is 1.31. The third-order valence-corrected chi connectivity index (χ3v) is 5.92. The highest BCUT2D eigenvalue weighted by Gasteiger charge is 2.17. The average molecular weight is 430 g/mol. The Kier molecular flexibility index (Phi) is 6.26. The van der Waals surface area contributed by atoms with Gasteiger partial charge >= 0.3 is 0 Å². The topological polar surface area (TPSA) is 109 Å². The quantitative estimate of drug-likeness (QED) is 0.530. The number of nitrogens with zero attached hydrogens (tertiary/aromatic N) is 2. The molecule has 3 heterocycles. The second-order valence-electron chi connectivity index (χ2n) is 6.82. The van der Waals surface area contributed by atoms with Crippen molar-refractivity contribution in [2.24, 2.45) is 0 Å². The fourth-order valence-corrected chi connectivity index (χ4v) is 4.10. The van der Waals surface area contributed by atoms with Crippen molar-refractivity contribution in [3.05, 3.63) is 40.8 Å². The Balaban J connectivity index is 1.37. The van der Waals surface area contributed by atoms with Crippen LogP contribution in [0.15, 0.2) is 30.3 Å². The lowest BCUT2D eigenvalue weighted by Gasteiger charge is -2.26. The van der Waals surface area contributed by atoms with Gasteiger partial charge in [-0.05, 0) is 30.3 Å². The fourth-order valence-electron chi connectivity index (χ4n) is 3.19. The predicted octanol–water partition coefficient (Wildman–Crippen LogP) is 1.95. The van der Waals surface area contributed by atoms with E-state index in [1.54, 1.807) is 37.4 Å². The van der Waals surface area contributed by atoms with Crippen LogP contribution < -0.4 is 15.4 Å². The molecule has 3 aromatic rings. The van der Waals surface area contributed by atoms with Gasteiger partial charge in [0.2, 0.25) is 0 Å². The van der Waals surface area contributed by atoms with E-state index >= 15 is 0 Å². The first-order valence-corrected chi connectivity index (χ1v) is 10.5. The van der Waals surface area contributed by atoms with Gasteiger partial charge in [-0.2, -0.15) is 5.10 Å². The van der Waals surface area contributed by atoms with Crippen molar-refractivity contribution in [2.75, 3.05) is 51.8 Å². The minimum Gasteiger partial charge on any atom is -0.497 e. The maximum atomic E-state index is 12.5. The van der Waals surface area contributed by atoms with E-state index < -0.39 is 0 Å². The molecule has 1 fully saturated rings. The number of nitrogens with one attached hydrogen (secondary N) is 3. The van der Waals surface area contributed by atoms with Crippen LogP contribution in [0.1, 0.15) is 20.0 Å². The molecule has 3 N–H and O–H groups in total. The molecule has 1 aliphatic rings. The van der Waals surface area contributed by atoms with Gasteiger partial charge in [0.15, 0.2) is 5.82 Å². The molecule has 158 valence electrons. The number of hydrogen-bond donors (Lipinski definition) is 3. The first-order valence-electron chi connectivity index (χ1n) is 9.65. The van der Waals surface area contributed by atoms with Gasteiger partial charge in [-0.1, -0.05) is 0 Å². The summed E-state index contributed by atoms with van der Waals surface area (Å²) in [5.74, 6) is 0.657. The number of fused-ring (bicyclic) bond motifs is 1. The number of H-pyrrole nitrogens is 1. The van der Waals surface area contributed by atoms with Gasteiger partial charge in [-0.3, -0.25) is 19.6 Å². The number of aromatic nitrogens is 2. The van der Waals surface area contributed by atoms with Crippen LogP contribution in [0.5, 0.6) is 5.75 Å². The molecular weight excluding hydrogens is 406 g/mol. The van der Waals surface area contributed by atoms with E-state index in [1.807, 2.05) is 0 Å². The van der Waals surface area contributed by atoms with Crippen LogP contribution in [-0.4, -0.2) is 73.4 Å². The molecule has 30 heavy (non-hydrogen) atoms. The molecule has 9 nitrogen and oxygen atoms in total. The first-order chi connectivity index (χ1) is 14.6. The van der Waals surface area contributed by atoms with Crippen molar-refractivity contribution in [1.82, 2.24) is 20.4 Å². The van der Waals surface area contributed by atoms with E-state index in [0.717, 1.165) is 37.7 Å². The molecule has 0 atom stereocenters. The van der Waals surface area contributed by atoms with Gasteiger partial charge in [0.1, 0.15) is 10.6 Å². The molecule has 2 aromatic heterocycles. The van der Waals surface area contributed by atoms with Gasteiger partial charge in [0, 0.05) is 31.7 Å². The zero-order chi connectivity index (χ0) is 20.9. The summed E-state index contributed by atoms with van der Waals surface area (Å²) in [5, 5.41) is 13.5. The summed E-state index contributed by atoms with van der Waals surface area (Å²) < 4.78 is 10.4. The van der Waals surface area contributed by atoms with E-state index in [-0.39, 0.29) is 11.8 Å². The molecule has 1 aromatic carbocycles. The van der Waals surface area contributed by atoms with E-state index in [1.165, 1.54) is 11.3 Å². The van der Waals surface area contributed by atoms with Gasteiger partial charge in [0.25, 0.3) is 11.8 Å². The van der Waals surface area contributed by atoms with Gasteiger partial charge < -0.3 is 20.1 Å². The Bertz CT molecular complexity index is 1020. The van der Waals surface area contributed by atoms with Crippen molar-refractivity contribution in [3.63, 3.8) is 0 Å². The van der Waals surface area contributed by atoms with Crippen LogP contribution in [0, 0.1) is 0 Å². The third-order valence-electron chi connectivity index (χ3n) is 4.88. The first kappa shape index (κ1) is 20.3. The Morgan fingerprint density at radius 3 is 2.73 bits per heavy atom. The highest BCUT2D eigenvalue weighted by atomic mass is 32.1. The summed E-state index contributed by atoms with van der Waals surface area (Å²) in [6.07, 6.45) is 0. The van der Waals surface area contributed by atoms with Crippen LogP contribution >= 0.6 is 11.3 Å². The number of carbonyl (C=O) groups excluding carboxylic acids is 2. The molecule has 1 saturated heterocycles. The molecule has 0 aliphatic carbocycles. The van der Waals surface area contributed by atoms with Crippen LogP contribution in [-0.2, 0) is 4.74 Å². The van der Waals surface area contributed by atoms with Gasteiger partial charge in [-0.15, -0.1) is 11.3 Å². The molecule has 1 aliphatic heterocycles. The standard InChI is InChI=1S/C20H23N5O4S/c1-28-14-4-2-13(3-5-14)18(26)22-17-15-12-16(30-20(15)24-23-17)19(27)21-6-7-25-8-10-29-11-9-25/h2-5,12H,6-11H2,1H3,(H,21,27)(H2,22,23,24,26). The zero-order valence-electron chi connectivity index (χ0n) is 16.6. The number of aromatic amines is 1. The molecule has 0 radical (unpaired) electrons. The number of hydrogen-bond acceptors (Lipinski definition) is 7. The number of benzene rings is 1. The highest BCUT2D eigenvalue weighted by Crippen LogP contribution is 2.29. The van der Waals surface area contributed by atoms with Crippen LogP contribution in [0.3, 0.4) is 0 Å². The van der Waals surface area contributed by atoms with Crippen LogP contribution in [0.4, 0.5) is 5.82 Å². The lowest BCUT2D eigenvalue weighted by molar-refractivity contribution is 0.0383. The molecule has 2 amide bonds. The molecule has 0 unspecified atom stereocenters. The number of rotatable bonds is 7. The minimum absolute atomic E-state index is 0.134. The maximum absolute atomic E-state index is 12.5. The zero-order valence-corrected chi connectivity index (χ0v) is 17.4. The van der Waals surface area contributed by atoms with Crippen molar-refractivity contribution in [2.45, 2.75) is 0 Å². The van der Waals surface area contributed by atoms with Gasteiger partial charge in [0.05, 0.1) is 30.6 Å². The second-order valence-corrected chi connectivity index (χ2v) is 7.87. The number of methoxy groups -OCH3 is 1. The fraction of sp³-hybridized carbons (Fsp3) is 0.350. The van der Waals surface area contributed by atoms with Crippen molar-refractivity contribution < 1.29 is 19.1 Å². The lowest BCUT2D eigenvalue weighted by atomic mass is 10.2. The minimum atomic E-state index is -0.284. The molecule has 0 spiro atoms. The number of carbonyl (C=O) groups is 2. The number of amides is 2. The van der Waals surface area contributed by atoms with E-state index in [9.17, 15) is 9.59 Å². The number of ether oxygens (including phenoxy) is 2. The summed E-state index contributed by atoms with van der Waals surface area (Å²) in [6, 6.07) is 8.55. The normalized spacial score (nSPS) is 14.6. The van der Waals surface area contributed by atoms with Crippen molar-refractivity contribution >= 4 is 39.2 Å². The van der Waals surface area contributed by atoms with Gasteiger partial charge in [-0.25, -0.2) is 0 Å². The Hall–Kier alpha value is -2.95. The highest BCUT2D eigenvalue weighted by molar-refractivity contribution is 7.20. The largest absolute Gasteiger partial charge is 0.497 e. The van der Waals surface area contributed by atoms with Crippen LogP contribution in [0.25, 0.3) is 10.2 Å². The van der Waals surface area contributed by atoms with Crippen molar-refractivity contribution in [3.8, 4) is 5.75 Å². The average Bonchev–Trinajstić information content (AvgIpc) is 3.36. The maximum Gasteiger partial charge on any atom is 0.261 e.